The number of carbonyl (C=O) groups is 2. The molecule has 1 atom stereocenters. The lowest BCUT2D eigenvalue weighted by molar-refractivity contribution is -0.384. The number of amides is 2. The summed E-state index contributed by atoms with van der Waals surface area (Å²) in [6.07, 6.45) is 0. The van der Waals surface area contributed by atoms with E-state index in [4.69, 9.17) is 23.2 Å². The van der Waals surface area contributed by atoms with Crippen LogP contribution in [-0.4, -0.2) is 37.3 Å². The summed E-state index contributed by atoms with van der Waals surface area (Å²) in [5, 5.41) is 26.2. The number of hydrogen-bond donors (Lipinski definition) is 2. The summed E-state index contributed by atoms with van der Waals surface area (Å²) in [5.41, 5.74) is 1.40. The molecule has 0 saturated carbocycles. The number of aromatic nitrogens is 3. The molecule has 3 aromatic rings. The van der Waals surface area contributed by atoms with Gasteiger partial charge in [-0.1, -0.05) is 48.8 Å². The molecule has 2 amide bonds. The number of anilines is 1. The molecule has 13 heteroatoms. The zero-order valence-electron chi connectivity index (χ0n) is 19.9. The van der Waals surface area contributed by atoms with Gasteiger partial charge in [0.2, 0.25) is 5.91 Å². The van der Waals surface area contributed by atoms with Crippen LogP contribution in [0.2, 0.25) is 10.0 Å². The maximum Gasteiger partial charge on any atom is 0.269 e. The van der Waals surface area contributed by atoms with Crippen molar-refractivity contribution < 1.29 is 14.5 Å². The van der Waals surface area contributed by atoms with Crippen molar-refractivity contribution in [3.05, 3.63) is 73.5 Å². The van der Waals surface area contributed by atoms with Crippen LogP contribution >= 0.6 is 35.0 Å². The lowest BCUT2D eigenvalue weighted by Crippen LogP contribution is -2.33. The van der Waals surface area contributed by atoms with Gasteiger partial charge in [-0.15, -0.1) is 10.2 Å². The molecule has 190 valence electrons. The number of rotatable bonds is 9. The van der Waals surface area contributed by atoms with Gasteiger partial charge in [0, 0.05) is 30.4 Å². The van der Waals surface area contributed by atoms with E-state index in [1.165, 1.54) is 36.0 Å². The van der Waals surface area contributed by atoms with E-state index in [2.05, 4.69) is 20.8 Å². The number of nitro groups is 1. The molecule has 0 unspecified atom stereocenters. The molecule has 0 spiro atoms. The SMILES string of the molecule is Cc1cc([N+](=O)[O-])ccc1NC(=O)CSc1nnc([C@@H](NC(=O)c2ccc(Cl)c(Cl)c2)C(C)C)n1C. The minimum atomic E-state index is -0.489. The van der Waals surface area contributed by atoms with Crippen molar-refractivity contribution in [3.63, 3.8) is 0 Å². The zero-order valence-corrected chi connectivity index (χ0v) is 22.2. The summed E-state index contributed by atoms with van der Waals surface area (Å²) in [4.78, 5) is 35.7. The van der Waals surface area contributed by atoms with Crippen LogP contribution in [0.4, 0.5) is 11.4 Å². The molecule has 10 nitrogen and oxygen atoms in total. The molecule has 0 saturated heterocycles. The molecule has 0 aliphatic rings. The summed E-state index contributed by atoms with van der Waals surface area (Å²) < 4.78 is 1.73. The number of nitro benzene ring substituents is 1. The van der Waals surface area contributed by atoms with Crippen LogP contribution in [0.3, 0.4) is 0 Å². The third kappa shape index (κ3) is 6.54. The van der Waals surface area contributed by atoms with Gasteiger partial charge in [0.25, 0.3) is 11.6 Å². The fraction of sp³-hybridized carbons (Fsp3) is 0.304. The van der Waals surface area contributed by atoms with Gasteiger partial charge in [0.05, 0.1) is 26.8 Å². The summed E-state index contributed by atoms with van der Waals surface area (Å²) in [7, 11) is 1.76. The minimum Gasteiger partial charge on any atom is -0.342 e. The first-order valence-corrected chi connectivity index (χ1v) is 12.5. The molecule has 2 aromatic carbocycles. The summed E-state index contributed by atoms with van der Waals surface area (Å²) in [6, 6.07) is 8.43. The Morgan fingerprint density at radius 3 is 2.47 bits per heavy atom. The Hall–Kier alpha value is -3.15. The molecule has 0 aliphatic carbocycles. The Kier molecular flexibility index (Phi) is 8.93. The Balaban J connectivity index is 1.67. The van der Waals surface area contributed by atoms with Gasteiger partial charge < -0.3 is 15.2 Å². The second kappa shape index (κ2) is 11.7. The Bertz CT molecular complexity index is 1310. The smallest absolute Gasteiger partial charge is 0.269 e. The number of nitrogens with zero attached hydrogens (tertiary/aromatic N) is 4. The van der Waals surface area contributed by atoms with Crippen LogP contribution in [0.1, 0.15) is 41.6 Å². The number of carbonyl (C=O) groups excluding carboxylic acids is 2. The van der Waals surface area contributed by atoms with Crippen molar-refractivity contribution in [1.82, 2.24) is 20.1 Å². The maximum absolute atomic E-state index is 12.8. The van der Waals surface area contributed by atoms with E-state index < -0.39 is 11.0 Å². The van der Waals surface area contributed by atoms with E-state index in [1.807, 2.05) is 13.8 Å². The predicted molar refractivity (Wildman–Crippen MR) is 140 cm³/mol. The van der Waals surface area contributed by atoms with Crippen molar-refractivity contribution in [3.8, 4) is 0 Å². The standard InChI is InChI=1S/C23H24Cl2N6O4S/c1-12(2)20(27-22(33)14-5-7-16(24)17(25)10-14)21-28-29-23(30(21)4)36-11-19(32)26-18-8-6-15(31(34)35)9-13(18)3/h5-10,12,20H,11H2,1-4H3,(H,26,32)(H,27,33)/t20-/m0/s1. The highest BCUT2D eigenvalue weighted by Gasteiger charge is 2.25. The number of nitrogens with one attached hydrogen (secondary N) is 2. The van der Waals surface area contributed by atoms with E-state index in [0.29, 0.717) is 32.8 Å². The second-order valence-electron chi connectivity index (χ2n) is 8.32. The quantitative estimate of drug-likeness (QED) is 0.212. The first-order valence-electron chi connectivity index (χ1n) is 10.8. The average molecular weight is 551 g/mol. The van der Waals surface area contributed by atoms with Crippen LogP contribution in [0.25, 0.3) is 0 Å². The van der Waals surface area contributed by atoms with Crippen LogP contribution in [0.15, 0.2) is 41.6 Å². The molecule has 3 rings (SSSR count). The number of non-ortho nitro benzene ring substituents is 1. The van der Waals surface area contributed by atoms with Crippen molar-refractivity contribution in [2.45, 2.75) is 32.0 Å². The van der Waals surface area contributed by atoms with E-state index in [1.54, 1.807) is 30.7 Å². The van der Waals surface area contributed by atoms with Crippen LogP contribution in [0, 0.1) is 23.0 Å². The van der Waals surface area contributed by atoms with Gasteiger partial charge in [0.15, 0.2) is 11.0 Å². The summed E-state index contributed by atoms with van der Waals surface area (Å²) >= 11 is 13.2. The molecular formula is C23H24Cl2N6O4S. The number of thioether (sulfide) groups is 1. The van der Waals surface area contributed by atoms with Gasteiger partial charge in [0.1, 0.15) is 0 Å². The Morgan fingerprint density at radius 2 is 1.86 bits per heavy atom. The lowest BCUT2D eigenvalue weighted by atomic mass is 10.0. The van der Waals surface area contributed by atoms with Crippen LogP contribution in [0.5, 0.6) is 0 Å². The molecular weight excluding hydrogens is 527 g/mol. The van der Waals surface area contributed by atoms with Crippen molar-refractivity contribution >= 4 is 58.2 Å². The van der Waals surface area contributed by atoms with Crippen molar-refractivity contribution in [1.29, 1.82) is 0 Å². The average Bonchev–Trinajstić information content (AvgIpc) is 3.18. The van der Waals surface area contributed by atoms with Gasteiger partial charge >= 0.3 is 0 Å². The molecule has 0 bridgehead atoms. The molecule has 0 radical (unpaired) electrons. The van der Waals surface area contributed by atoms with Crippen LogP contribution in [-0.2, 0) is 11.8 Å². The van der Waals surface area contributed by atoms with Gasteiger partial charge in [-0.25, -0.2) is 0 Å². The molecule has 2 N–H and O–H groups in total. The number of halogens is 2. The van der Waals surface area contributed by atoms with E-state index in [9.17, 15) is 19.7 Å². The zero-order chi connectivity index (χ0) is 26.6. The second-order valence-corrected chi connectivity index (χ2v) is 10.1. The Morgan fingerprint density at radius 1 is 1.14 bits per heavy atom. The van der Waals surface area contributed by atoms with Gasteiger partial charge in [-0.05, 0) is 42.7 Å². The number of hydrogen-bond acceptors (Lipinski definition) is 7. The first kappa shape index (κ1) is 27.4. The highest BCUT2D eigenvalue weighted by atomic mass is 35.5. The minimum absolute atomic E-state index is 0.00844. The monoisotopic (exact) mass is 550 g/mol. The highest BCUT2D eigenvalue weighted by molar-refractivity contribution is 7.99. The third-order valence-corrected chi connectivity index (χ3v) is 7.07. The lowest BCUT2D eigenvalue weighted by Gasteiger charge is -2.22. The van der Waals surface area contributed by atoms with Crippen LogP contribution < -0.4 is 10.6 Å². The molecule has 36 heavy (non-hydrogen) atoms. The summed E-state index contributed by atoms with van der Waals surface area (Å²) in [5.74, 6) is -0.0553. The largest absolute Gasteiger partial charge is 0.342 e. The first-order chi connectivity index (χ1) is 17.0. The highest BCUT2D eigenvalue weighted by Crippen LogP contribution is 2.27. The fourth-order valence-electron chi connectivity index (χ4n) is 3.33. The maximum atomic E-state index is 12.8. The van der Waals surface area contributed by atoms with E-state index >= 15 is 0 Å². The Labute approximate surface area is 221 Å². The van der Waals surface area contributed by atoms with E-state index in [-0.39, 0.29) is 34.2 Å². The topological polar surface area (TPSA) is 132 Å². The molecule has 0 fully saturated rings. The number of aryl methyl sites for hydroxylation is 1. The van der Waals surface area contributed by atoms with Crippen molar-refractivity contribution in [2.75, 3.05) is 11.1 Å². The van der Waals surface area contributed by atoms with Gasteiger partial charge in [-0.2, -0.15) is 0 Å². The molecule has 0 aliphatic heterocycles. The molecule has 1 aromatic heterocycles. The summed E-state index contributed by atoms with van der Waals surface area (Å²) in [6.45, 7) is 5.57. The van der Waals surface area contributed by atoms with Crippen molar-refractivity contribution in [2.24, 2.45) is 13.0 Å². The normalized spacial score (nSPS) is 11.9. The fourth-order valence-corrected chi connectivity index (χ4v) is 4.35. The van der Waals surface area contributed by atoms with Gasteiger partial charge in [-0.3, -0.25) is 19.7 Å². The third-order valence-electron chi connectivity index (χ3n) is 5.31. The number of benzene rings is 2. The van der Waals surface area contributed by atoms with E-state index in [0.717, 1.165) is 0 Å². The predicted octanol–water partition coefficient (Wildman–Crippen LogP) is 5.20. The molecule has 1 heterocycles.